The summed E-state index contributed by atoms with van der Waals surface area (Å²) in [6, 6.07) is 0. The van der Waals surface area contributed by atoms with E-state index in [1.165, 1.54) is 45.4 Å². The predicted molar refractivity (Wildman–Crippen MR) is 104 cm³/mol. The summed E-state index contributed by atoms with van der Waals surface area (Å²) < 4.78 is 5.20. The highest BCUT2D eigenvalue weighted by Crippen LogP contribution is 2.68. The maximum atomic E-state index is 11.2. The van der Waals surface area contributed by atoms with E-state index < -0.39 is 6.29 Å². The minimum absolute atomic E-state index is 0.240. The molecule has 0 saturated heterocycles. The first-order valence-electron chi connectivity index (χ1n) is 11.4. The smallest absolute Gasteiger partial charge is 0.302 e. The lowest BCUT2D eigenvalue weighted by Crippen LogP contribution is -2.56. The molecule has 0 aliphatic heterocycles. The van der Waals surface area contributed by atoms with Crippen molar-refractivity contribution in [3.63, 3.8) is 0 Å². The third-order valence-electron chi connectivity index (χ3n) is 9.60. The second kappa shape index (κ2) is 7.33. The number of aliphatic hydroxyl groups is 2. The molecule has 0 amide bonds. The molecule has 27 heavy (non-hydrogen) atoms. The number of ether oxygens (including phenoxy) is 1. The van der Waals surface area contributed by atoms with Gasteiger partial charge in [0, 0.05) is 12.3 Å². The normalized spacial score (nSPS) is 46.5. The SMILES string of the molecule is CC(=O)OCC[C@H]1CC[C@H]2[C@@H]3CC[C@H]4CCCC[C@]4(C)[C@H]3CC[C@]12C(O)O. The maximum Gasteiger partial charge on any atom is 0.302 e. The molecule has 7 atom stereocenters. The first kappa shape index (κ1) is 19.7. The Morgan fingerprint density at radius 1 is 1.04 bits per heavy atom. The zero-order valence-corrected chi connectivity index (χ0v) is 17.2. The van der Waals surface area contributed by atoms with Gasteiger partial charge in [-0.05, 0) is 92.8 Å². The summed E-state index contributed by atoms with van der Waals surface area (Å²) in [6.45, 7) is 4.42. The van der Waals surface area contributed by atoms with Crippen LogP contribution in [0.2, 0.25) is 0 Å². The molecule has 0 bridgehead atoms. The van der Waals surface area contributed by atoms with Gasteiger partial charge in [-0.25, -0.2) is 0 Å². The zero-order chi connectivity index (χ0) is 19.2. The van der Waals surface area contributed by atoms with Crippen LogP contribution in [-0.2, 0) is 9.53 Å². The van der Waals surface area contributed by atoms with Crippen LogP contribution in [0.1, 0.15) is 84.5 Å². The van der Waals surface area contributed by atoms with Gasteiger partial charge in [0.15, 0.2) is 6.29 Å². The van der Waals surface area contributed by atoms with Gasteiger partial charge >= 0.3 is 5.97 Å². The Hall–Kier alpha value is -0.610. The molecule has 4 saturated carbocycles. The van der Waals surface area contributed by atoms with Crippen LogP contribution >= 0.6 is 0 Å². The van der Waals surface area contributed by atoms with Crippen LogP contribution < -0.4 is 0 Å². The van der Waals surface area contributed by atoms with Crippen LogP contribution in [0.5, 0.6) is 0 Å². The van der Waals surface area contributed by atoms with Crippen molar-refractivity contribution in [1.82, 2.24) is 0 Å². The van der Waals surface area contributed by atoms with Crippen molar-refractivity contribution < 1.29 is 19.7 Å². The van der Waals surface area contributed by atoms with Crippen LogP contribution in [0.25, 0.3) is 0 Å². The highest BCUT2D eigenvalue weighted by Gasteiger charge is 2.63. The van der Waals surface area contributed by atoms with E-state index in [4.69, 9.17) is 4.74 Å². The van der Waals surface area contributed by atoms with Gasteiger partial charge in [0.25, 0.3) is 0 Å². The summed E-state index contributed by atoms with van der Waals surface area (Å²) in [5, 5.41) is 21.1. The second-order valence-electron chi connectivity index (χ2n) is 10.3. The van der Waals surface area contributed by atoms with Crippen molar-refractivity contribution >= 4 is 5.97 Å². The van der Waals surface area contributed by atoms with Crippen molar-refractivity contribution in [3.8, 4) is 0 Å². The third-order valence-corrected chi connectivity index (χ3v) is 9.60. The molecule has 0 aromatic heterocycles. The standard InChI is InChI=1S/C23H38O4/c1-15(24)27-14-11-17-7-9-20-18-8-6-16-5-3-4-12-22(16,2)19(18)10-13-23(17,20)21(25)26/h16-21,25-26H,3-14H2,1-2H3/t16-,17-,18-,19+,20+,22+,23+/m1/s1. The van der Waals surface area contributed by atoms with E-state index in [0.29, 0.717) is 23.9 Å². The summed E-state index contributed by atoms with van der Waals surface area (Å²) in [5.74, 6) is 2.76. The number of hydrogen-bond donors (Lipinski definition) is 2. The maximum absolute atomic E-state index is 11.2. The lowest BCUT2D eigenvalue weighted by atomic mass is 9.44. The fourth-order valence-corrected chi connectivity index (χ4v) is 8.42. The van der Waals surface area contributed by atoms with E-state index in [9.17, 15) is 15.0 Å². The van der Waals surface area contributed by atoms with Gasteiger partial charge in [-0.3, -0.25) is 4.79 Å². The number of hydrogen-bond acceptors (Lipinski definition) is 4. The first-order chi connectivity index (χ1) is 12.9. The molecule has 0 aromatic rings. The van der Waals surface area contributed by atoms with Gasteiger partial charge in [-0.15, -0.1) is 0 Å². The molecular weight excluding hydrogens is 340 g/mol. The Balaban J connectivity index is 1.56. The van der Waals surface area contributed by atoms with Crippen molar-refractivity contribution in [1.29, 1.82) is 0 Å². The fourth-order valence-electron chi connectivity index (χ4n) is 8.42. The number of carbonyl (C=O) groups is 1. The van der Waals surface area contributed by atoms with E-state index in [1.807, 2.05) is 0 Å². The number of fused-ring (bicyclic) bond motifs is 5. The molecule has 0 aromatic carbocycles. The van der Waals surface area contributed by atoms with Crippen molar-refractivity contribution in [2.75, 3.05) is 6.61 Å². The van der Waals surface area contributed by atoms with Crippen molar-refractivity contribution in [2.24, 2.45) is 40.4 Å². The van der Waals surface area contributed by atoms with E-state index in [-0.39, 0.29) is 17.3 Å². The fraction of sp³-hybridized carbons (Fsp3) is 0.957. The van der Waals surface area contributed by atoms with Crippen molar-refractivity contribution in [3.05, 3.63) is 0 Å². The monoisotopic (exact) mass is 378 g/mol. The first-order valence-corrected chi connectivity index (χ1v) is 11.4. The molecule has 0 unspecified atom stereocenters. The molecule has 4 heteroatoms. The lowest BCUT2D eigenvalue weighted by molar-refractivity contribution is -0.216. The van der Waals surface area contributed by atoms with E-state index in [1.54, 1.807) is 0 Å². The van der Waals surface area contributed by atoms with Crippen LogP contribution in [0.15, 0.2) is 0 Å². The molecule has 4 aliphatic rings. The Bertz CT molecular complexity index is 561. The largest absolute Gasteiger partial charge is 0.466 e. The predicted octanol–water partition coefficient (Wildman–Crippen LogP) is 4.28. The highest BCUT2D eigenvalue weighted by molar-refractivity contribution is 5.65. The average Bonchev–Trinajstić information content (AvgIpc) is 3.01. The van der Waals surface area contributed by atoms with E-state index in [2.05, 4.69) is 6.92 Å². The summed E-state index contributed by atoms with van der Waals surface area (Å²) in [5.41, 5.74) is 0.0999. The van der Waals surface area contributed by atoms with Gasteiger partial charge in [0.05, 0.1) is 6.61 Å². The molecule has 4 aliphatic carbocycles. The number of rotatable bonds is 4. The summed E-state index contributed by atoms with van der Waals surface area (Å²) in [4.78, 5) is 11.2. The van der Waals surface area contributed by atoms with Gasteiger partial charge < -0.3 is 14.9 Å². The Kier molecular flexibility index (Phi) is 5.35. The Morgan fingerprint density at radius 2 is 1.85 bits per heavy atom. The molecule has 4 nitrogen and oxygen atoms in total. The van der Waals surface area contributed by atoms with E-state index in [0.717, 1.165) is 43.9 Å². The van der Waals surface area contributed by atoms with Crippen LogP contribution in [0.4, 0.5) is 0 Å². The summed E-state index contributed by atoms with van der Waals surface area (Å²) >= 11 is 0. The third kappa shape index (κ3) is 3.06. The molecule has 154 valence electrons. The van der Waals surface area contributed by atoms with Crippen LogP contribution in [0, 0.1) is 40.4 Å². The summed E-state index contributed by atoms with van der Waals surface area (Å²) in [7, 11) is 0. The molecule has 4 rings (SSSR count). The van der Waals surface area contributed by atoms with Crippen molar-refractivity contribution in [2.45, 2.75) is 90.8 Å². The van der Waals surface area contributed by atoms with E-state index >= 15 is 0 Å². The molecule has 4 fully saturated rings. The summed E-state index contributed by atoms with van der Waals surface area (Å²) in [6.07, 6.45) is 11.9. The minimum atomic E-state index is -1.25. The average molecular weight is 379 g/mol. The Morgan fingerprint density at radius 3 is 2.59 bits per heavy atom. The molecular formula is C23H38O4. The Labute approximate surface area is 164 Å². The molecule has 0 heterocycles. The van der Waals surface area contributed by atoms with Crippen LogP contribution in [0.3, 0.4) is 0 Å². The topological polar surface area (TPSA) is 66.8 Å². The molecule has 2 N–H and O–H groups in total. The molecule has 0 radical (unpaired) electrons. The zero-order valence-electron chi connectivity index (χ0n) is 17.2. The lowest BCUT2D eigenvalue weighted by Gasteiger charge is -2.61. The number of carbonyl (C=O) groups excluding carboxylic acids is 1. The molecule has 0 spiro atoms. The van der Waals surface area contributed by atoms with Gasteiger partial charge in [0.2, 0.25) is 0 Å². The highest BCUT2D eigenvalue weighted by atomic mass is 16.5. The van der Waals surface area contributed by atoms with Gasteiger partial charge in [0.1, 0.15) is 0 Å². The minimum Gasteiger partial charge on any atom is -0.466 e. The quantitative estimate of drug-likeness (QED) is 0.566. The number of esters is 1. The second-order valence-corrected chi connectivity index (χ2v) is 10.3. The number of aliphatic hydroxyl groups excluding tert-OH is 1. The van der Waals surface area contributed by atoms with Gasteiger partial charge in [-0.1, -0.05) is 19.8 Å². The van der Waals surface area contributed by atoms with Gasteiger partial charge in [-0.2, -0.15) is 0 Å². The van der Waals surface area contributed by atoms with Crippen LogP contribution in [-0.4, -0.2) is 29.1 Å².